The molecule has 2 nitrogen and oxygen atoms in total. The number of benzene rings is 1. The van der Waals surface area contributed by atoms with Crippen molar-refractivity contribution in [3.05, 3.63) is 34.4 Å². The summed E-state index contributed by atoms with van der Waals surface area (Å²) in [6.07, 6.45) is -4.58. The van der Waals surface area contributed by atoms with Crippen LogP contribution in [0.1, 0.15) is 31.8 Å². The fourth-order valence-electron chi connectivity index (χ4n) is 1.28. The van der Waals surface area contributed by atoms with Crippen molar-refractivity contribution in [2.45, 2.75) is 13.1 Å². The number of alkyl halides is 3. The maximum absolute atomic E-state index is 12.5. The lowest BCUT2D eigenvalue weighted by Gasteiger charge is -2.11. The summed E-state index contributed by atoms with van der Waals surface area (Å²) in [7, 11) is 0. The van der Waals surface area contributed by atoms with Gasteiger partial charge in [-0.05, 0) is 36.2 Å². The van der Waals surface area contributed by atoms with E-state index in [-0.39, 0.29) is 17.4 Å². The molecule has 0 fully saturated rings. The molecule has 1 aromatic carbocycles. The molecule has 0 radical (unpaired) electrons. The van der Waals surface area contributed by atoms with Gasteiger partial charge in [0.05, 0.1) is 5.56 Å². The van der Waals surface area contributed by atoms with Crippen LogP contribution < -0.4 is 0 Å². The number of halogens is 4. The third kappa shape index (κ3) is 2.41. The number of hydrogen-bond acceptors (Lipinski definition) is 2. The van der Waals surface area contributed by atoms with Gasteiger partial charge in [0, 0.05) is 11.1 Å². The van der Waals surface area contributed by atoms with Gasteiger partial charge in [-0.3, -0.25) is 9.59 Å². The van der Waals surface area contributed by atoms with Gasteiger partial charge < -0.3 is 0 Å². The molecule has 86 valence electrons. The summed E-state index contributed by atoms with van der Waals surface area (Å²) in [5.41, 5.74) is -1.68. The van der Waals surface area contributed by atoms with Crippen LogP contribution in [-0.2, 0) is 6.18 Å². The summed E-state index contributed by atoms with van der Waals surface area (Å²) >= 11 is 5.17. The minimum Gasteiger partial charge on any atom is -0.298 e. The molecule has 16 heavy (non-hydrogen) atoms. The average Bonchev–Trinajstić information content (AvgIpc) is 2.15. The Hall–Kier alpha value is -1.36. The van der Waals surface area contributed by atoms with Crippen molar-refractivity contribution in [1.82, 2.24) is 0 Å². The minimum absolute atomic E-state index is 0.0472. The predicted octanol–water partition coefficient (Wildman–Crippen LogP) is 3.21. The van der Waals surface area contributed by atoms with Crippen LogP contribution in [0, 0.1) is 6.92 Å². The van der Waals surface area contributed by atoms with Gasteiger partial charge in [0.2, 0.25) is 0 Å². The Morgan fingerprint density at radius 3 is 2.31 bits per heavy atom. The van der Waals surface area contributed by atoms with E-state index < -0.39 is 22.5 Å². The SMILES string of the molecule is Cc1cc(C(F)(F)F)c(C=O)cc1C(=O)Cl. The molecular weight excluding hydrogens is 245 g/mol. The van der Waals surface area contributed by atoms with Crippen molar-refractivity contribution in [3.63, 3.8) is 0 Å². The quantitative estimate of drug-likeness (QED) is 0.597. The molecule has 6 heteroatoms. The Morgan fingerprint density at radius 1 is 1.38 bits per heavy atom. The lowest BCUT2D eigenvalue weighted by atomic mass is 10.00. The standard InChI is InChI=1S/C10H6ClF3O2/c1-5-2-8(10(12,13)14)6(4-15)3-7(5)9(11)16/h2-4H,1H3. The highest BCUT2D eigenvalue weighted by Gasteiger charge is 2.34. The molecule has 0 saturated carbocycles. The average molecular weight is 251 g/mol. The molecule has 0 atom stereocenters. The summed E-state index contributed by atoms with van der Waals surface area (Å²) in [5.74, 6) is 0. The highest BCUT2D eigenvalue weighted by Crippen LogP contribution is 2.33. The number of carbonyl (C=O) groups is 2. The summed E-state index contributed by atoms with van der Waals surface area (Å²) in [5, 5.41) is -0.894. The van der Waals surface area contributed by atoms with Gasteiger partial charge >= 0.3 is 6.18 Å². The summed E-state index contributed by atoms with van der Waals surface area (Å²) in [6.45, 7) is 1.32. The second kappa shape index (κ2) is 4.25. The molecule has 0 aromatic heterocycles. The zero-order valence-electron chi connectivity index (χ0n) is 8.06. The zero-order valence-corrected chi connectivity index (χ0v) is 8.82. The third-order valence-corrected chi connectivity index (χ3v) is 2.24. The maximum atomic E-state index is 12.5. The number of aryl methyl sites for hydroxylation is 1. The Balaban J connectivity index is 3.50. The third-order valence-electron chi connectivity index (χ3n) is 2.04. The molecule has 0 N–H and O–H groups in total. The van der Waals surface area contributed by atoms with Crippen molar-refractivity contribution < 1.29 is 22.8 Å². The largest absolute Gasteiger partial charge is 0.417 e. The van der Waals surface area contributed by atoms with E-state index in [2.05, 4.69) is 0 Å². The van der Waals surface area contributed by atoms with Crippen molar-refractivity contribution in [1.29, 1.82) is 0 Å². The van der Waals surface area contributed by atoms with Gasteiger partial charge in [0.1, 0.15) is 0 Å². The van der Waals surface area contributed by atoms with Gasteiger partial charge in [-0.25, -0.2) is 0 Å². The highest BCUT2D eigenvalue weighted by molar-refractivity contribution is 6.68. The first-order valence-electron chi connectivity index (χ1n) is 4.14. The molecule has 0 aliphatic rings. The lowest BCUT2D eigenvalue weighted by Crippen LogP contribution is -2.11. The number of aldehydes is 1. The molecule has 1 rings (SSSR count). The van der Waals surface area contributed by atoms with Crippen LogP contribution >= 0.6 is 11.6 Å². The van der Waals surface area contributed by atoms with Crippen LogP contribution in [0.2, 0.25) is 0 Å². The first-order chi connectivity index (χ1) is 7.27. The summed E-state index contributed by atoms with van der Waals surface area (Å²) < 4.78 is 37.4. The Morgan fingerprint density at radius 2 is 1.94 bits per heavy atom. The Bertz CT molecular complexity index is 452. The number of hydrogen-bond donors (Lipinski definition) is 0. The molecule has 0 bridgehead atoms. The molecule has 0 spiro atoms. The van der Waals surface area contributed by atoms with Gasteiger partial charge in [0.15, 0.2) is 6.29 Å². The van der Waals surface area contributed by atoms with E-state index >= 15 is 0 Å². The van der Waals surface area contributed by atoms with Crippen molar-refractivity contribution in [3.8, 4) is 0 Å². The highest BCUT2D eigenvalue weighted by atomic mass is 35.5. The fourth-order valence-corrected chi connectivity index (χ4v) is 1.48. The van der Waals surface area contributed by atoms with Gasteiger partial charge in [0.25, 0.3) is 5.24 Å². The van der Waals surface area contributed by atoms with Crippen LogP contribution in [0.4, 0.5) is 13.2 Å². The first kappa shape index (κ1) is 12.7. The first-order valence-corrected chi connectivity index (χ1v) is 4.52. The second-order valence-electron chi connectivity index (χ2n) is 3.14. The fraction of sp³-hybridized carbons (Fsp3) is 0.200. The lowest BCUT2D eigenvalue weighted by molar-refractivity contribution is -0.137. The predicted molar refractivity (Wildman–Crippen MR) is 51.8 cm³/mol. The van der Waals surface area contributed by atoms with E-state index in [1.54, 1.807) is 0 Å². The van der Waals surface area contributed by atoms with Crippen LogP contribution in [0.25, 0.3) is 0 Å². The minimum atomic E-state index is -4.63. The van der Waals surface area contributed by atoms with Crippen molar-refractivity contribution in [2.75, 3.05) is 0 Å². The van der Waals surface area contributed by atoms with E-state index in [0.717, 1.165) is 12.1 Å². The molecule has 0 heterocycles. The van der Waals surface area contributed by atoms with E-state index in [9.17, 15) is 22.8 Å². The Kier molecular flexibility index (Phi) is 3.38. The van der Waals surface area contributed by atoms with Crippen LogP contribution in [0.5, 0.6) is 0 Å². The normalized spacial score (nSPS) is 11.3. The van der Waals surface area contributed by atoms with E-state index in [4.69, 9.17) is 11.6 Å². The zero-order chi connectivity index (χ0) is 12.5. The molecule has 0 aliphatic carbocycles. The smallest absolute Gasteiger partial charge is 0.298 e. The van der Waals surface area contributed by atoms with Gasteiger partial charge in [-0.1, -0.05) is 0 Å². The van der Waals surface area contributed by atoms with Crippen molar-refractivity contribution >= 4 is 23.1 Å². The Labute approximate surface area is 94.0 Å². The number of rotatable bonds is 2. The van der Waals surface area contributed by atoms with E-state index in [0.29, 0.717) is 0 Å². The molecule has 1 aromatic rings. The molecule has 0 saturated heterocycles. The van der Waals surface area contributed by atoms with E-state index in [1.807, 2.05) is 0 Å². The number of carbonyl (C=O) groups excluding carboxylic acids is 2. The van der Waals surface area contributed by atoms with Gasteiger partial charge in [-0.15, -0.1) is 0 Å². The summed E-state index contributed by atoms with van der Waals surface area (Å²) in [4.78, 5) is 21.4. The second-order valence-corrected chi connectivity index (χ2v) is 3.49. The topological polar surface area (TPSA) is 34.1 Å². The van der Waals surface area contributed by atoms with Crippen LogP contribution in [0.3, 0.4) is 0 Å². The van der Waals surface area contributed by atoms with E-state index in [1.165, 1.54) is 6.92 Å². The van der Waals surface area contributed by atoms with Crippen LogP contribution in [0.15, 0.2) is 12.1 Å². The summed E-state index contributed by atoms with van der Waals surface area (Å²) in [6, 6.07) is 1.58. The van der Waals surface area contributed by atoms with Crippen LogP contribution in [-0.4, -0.2) is 11.5 Å². The molecule has 0 aliphatic heterocycles. The molecule has 0 unspecified atom stereocenters. The maximum Gasteiger partial charge on any atom is 0.417 e. The monoisotopic (exact) mass is 250 g/mol. The van der Waals surface area contributed by atoms with Crippen molar-refractivity contribution in [2.24, 2.45) is 0 Å². The van der Waals surface area contributed by atoms with Gasteiger partial charge in [-0.2, -0.15) is 13.2 Å². The molecular formula is C10H6ClF3O2. The molecule has 0 amide bonds.